The van der Waals surface area contributed by atoms with Crippen LogP contribution in [0.1, 0.15) is 0 Å². The molecule has 0 aliphatic rings. The van der Waals surface area contributed by atoms with Crippen LogP contribution in [0.25, 0.3) is 0 Å². The van der Waals surface area contributed by atoms with Gasteiger partial charge in [-0.3, -0.25) is 0 Å². The number of thiol groups is 1. The summed E-state index contributed by atoms with van der Waals surface area (Å²) < 4.78 is 0.586. The van der Waals surface area contributed by atoms with E-state index in [4.69, 9.17) is 0 Å². The highest BCUT2D eigenvalue weighted by atomic mass is 32.1. The fraction of sp³-hybridized carbons (Fsp3) is 0. The first-order chi connectivity index (χ1) is 3.79. The van der Waals surface area contributed by atoms with Gasteiger partial charge in [-0.05, 0) is 6.07 Å². The van der Waals surface area contributed by atoms with Crippen LogP contribution in [0.2, 0.25) is 0 Å². The van der Waals surface area contributed by atoms with Gasteiger partial charge in [0.15, 0.2) is 6.20 Å². The Kier molecular flexibility index (Phi) is 1.39. The fourth-order valence-electron chi connectivity index (χ4n) is 0.400. The Bertz CT molecular complexity index is 172. The molecule has 2 nitrogen and oxygen atoms in total. The molecule has 0 atom stereocenters. The van der Waals surface area contributed by atoms with Gasteiger partial charge in [-0.15, -0.1) is 12.6 Å². The number of hydrogen-bond acceptors (Lipinski definition) is 2. The highest BCUT2D eigenvalue weighted by Crippen LogP contribution is 1.96. The first kappa shape index (κ1) is 5.44. The minimum atomic E-state index is 0.558. The zero-order valence-corrected chi connectivity index (χ0v) is 4.93. The molecule has 1 rings (SSSR count). The topological polar surface area (TPSA) is 26.9 Å². The molecule has 1 aromatic heterocycles. The molecule has 0 spiro atoms. The number of aromatic nitrogens is 1. The number of nitrogens with zero attached hydrogens (tertiary/aromatic N) is 1. The third kappa shape index (κ3) is 1.13. The van der Waals surface area contributed by atoms with E-state index in [0.29, 0.717) is 9.63 Å². The summed E-state index contributed by atoms with van der Waals surface area (Å²) >= 11 is 3.88. The molecule has 0 bridgehead atoms. The van der Waals surface area contributed by atoms with Gasteiger partial charge < -0.3 is 5.21 Å². The van der Waals surface area contributed by atoms with Gasteiger partial charge in [-0.1, -0.05) is 0 Å². The lowest BCUT2D eigenvalue weighted by molar-refractivity contribution is -0.612. The summed E-state index contributed by atoms with van der Waals surface area (Å²) in [5, 5.41) is 10.3. The molecular weight excluding hydrogens is 122 g/mol. The normalized spacial score (nSPS) is 9.12. The first-order valence-corrected chi connectivity index (χ1v) is 2.54. The molecule has 1 radical (unpaired) electrons. The standard InChI is InChI=1S/C5H4NOS/c7-6-3-1-2-5(8)4-6/h1-3,8H. The molecule has 0 saturated heterocycles. The van der Waals surface area contributed by atoms with Gasteiger partial charge in [0.25, 0.3) is 0 Å². The molecule has 1 heterocycles. The average molecular weight is 126 g/mol. The van der Waals surface area contributed by atoms with Crippen LogP contribution in [0.3, 0.4) is 0 Å². The van der Waals surface area contributed by atoms with Crippen molar-refractivity contribution in [3.8, 4) is 0 Å². The summed E-state index contributed by atoms with van der Waals surface area (Å²) in [6.45, 7) is 0. The van der Waals surface area contributed by atoms with Crippen LogP contribution in [0, 0.1) is 11.4 Å². The predicted octanol–water partition coefficient (Wildman–Crippen LogP) is 0.409. The van der Waals surface area contributed by atoms with E-state index < -0.39 is 0 Å². The van der Waals surface area contributed by atoms with E-state index in [1.807, 2.05) is 0 Å². The van der Waals surface area contributed by atoms with Crippen molar-refractivity contribution in [1.82, 2.24) is 0 Å². The van der Waals surface area contributed by atoms with E-state index in [-0.39, 0.29) is 0 Å². The highest BCUT2D eigenvalue weighted by Gasteiger charge is 1.89. The lowest BCUT2D eigenvalue weighted by Gasteiger charge is -1.90. The van der Waals surface area contributed by atoms with E-state index in [2.05, 4.69) is 18.8 Å². The van der Waals surface area contributed by atoms with Gasteiger partial charge in [-0.25, -0.2) is 0 Å². The summed E-state index contributed by atoms with van der Waals surface area (Å²) in [5.41, 5.74) is 0. The van der Waals surface area contributed by atoms with E-state index in [0.717, 1.165) is 0 Å². The molecular formula is C5H4NOS. The Morgan fingerprint density at radius 3 is 2.88 bits per heavy atom. The summed E-state index contributed by atoms with van der Waals surface area (Å²) in [6.07, 6.45) is 3.76. The Balaban J connectivity index is 3.08. The van der Waals surface area contributed by atoms with Gasteiger partial charge in [0.2, 0.25) is 0 Å². The van der Waals surface area contributed by atoms with Crippen LogP contribution >= 0.6 is 12.6 Å². The fourth-order valence-corrected chi connectivity index (χ4v) is 0.584. The van der Waals surface area contributed by atoms with E-state index in [1.54, 1.807) is 12.1 Å². The quantitative estimate of drug-likeness (QED) is 0.304. The van der Waals surface area contributed by atoms with Crippen LogP contribution < -0.4 is 4.73 Å². The van der Waals surface area contributed by atoms with Crippen molar-refractivity contribution < 1.29 is 4.73 Å². The maximum atomic E-state index is 10.3. The molecule has 0 fully saturated rings. The second kappa shape index (κ2) is 2.05. The summed E-state index contributed by atoms with van der Waals surface area (Å²) in [7, 11) is 0. The Labute approximate surface area is 52.8 Å². The van der Waals surface area contributed by atoms with Gasteiger partial charge >= 0.3 is 6.20 Å². The first-order valence-electron chi connectivity index (χ1n) is 2.09. The molecule has 8 heavy (non-hydrogen) atoms. The van der Waals surface area contributed by atoms with Crippen molar-refractivity contribution in [3.63, 3.8) is 0 Å². The maximum Gasteiger partial charge on any atom is 0.304 e. The van der Waals surface area contributed by atoms with Crippen molar-refractivity contribution in [2.45, 2.75) is 4.90 Å². The summed E-state index contributed by atoms with van der Waals surface area (Å²) in [4.78, 5) is 0.558. The monoisotopic (exact) mass is 126 g/mol. The van der Waals surface area contributed by atoms with Crippen molar-refractivity contribution in [1.29, 1.82) is 0 Å². The maximum absolute atomic E-state index is 10.3. The Morgan fingerprint density at radius 2 is 2.50 bits per heavy atom. The van der Waals surface area contributed by atoms with E-state index in [9.17, 15) is 5.21 Å². The van der Waals surface area contributed by atoms with Crippen molar-refractivity contribution in [2.24, 2.45) is 0 Å². The van der Waals surface area contributed by atoms with Crippen molar-refractivity contribution in [3.05, 3.63) is 29.7 Å². The smallest absolute Gasteiger partial charge is 0.304 e. The summed E-state index contributed by atoms with van der Waals surface area (Å²) in [5.74, 6) is 0. The molecule has 41 valence electrons. The van der Waals surface area contributed by atoms with E-state index >= 15 is 0 Å². The highest BCUT2D eigenvalue weighted by molar-refractivity contribution is 7.80. The number of rotatable bonds is 0. The molecule has 1 aromatic rings. The van der Waals surface area contributed by atoms with Crippen LogP contribution in [-0.4, -0.2) is 0 Å². The SMILES string of the molecule is [O-][n+]1[c]c(S)ccc1. The molecule has 3 heteroatoms. The number of pyridine rings is 1. The van der Waals surface area contributed by atoms with E-state index in [1.165, 1.54) is 6.20 Å². The molecule has 0 aromatic carbocycles. The van der Waals surface area contributed by atoms with Crippen LogP contribution in [0.15, 0.2) is 23.2 Å². The zero-order chi connectivity index (χ0) is 5.98. The molecule has 0 aliphatic carbocycles. The minimum absolute atomic E-state index is 0.558. The molecule has 0 unspecified atom stereocenters. The lowest BCUT2D eigenvalue weighted by Crippen LogP contribution is -2.24. The predicted molar refractivity (Wildman–Crippen MR) is 31.5 cm³/mol. The van der Waals surface area contributed by atoms with Crippen molar-refractivity contribution in [2.75, 3.05) is 0 Å². The summed E-state index contributed by atoms with van der Waals surface area (Å²) in [6, 6.07) is 3.31. The third-order valence-corrected chi connectivity index (χ3v) is 0.949. The second-order valence-electron chi connectivity index (χ2n) is 1.33. The number of hydrogen-bond donors (Lipinski definition) is 1. The Morgan fingerprint density at radius 1 is 1.75 bits per heavy atom. The average Bonchev–Trinajstić information content (AvgIpc) is 1.64. The molecule has 0 aliphatic heterocycles. The van der Waals surface area contributed by atoms with Gasteiger partial charge in [0.1, 0.15) is 0 Å². The molecule has 0 amide bonds. The van der Waals surface area contributed by atoms with Crippen LogP contribution in [-0.2, 0) is 0 Å². The molecule has 0 N–H and O–H groups in total. The van der Waals surface area contributed by atoms with Crippen LogP contribution in [0.4, 0.5) is 0 Å². The third-order valence-electron chi connectivity index (χ3n) is 0.700. The van der Waals surface area contributed by atoms with Gasteiger partial charge in [-0.2, -0.15) is 4.73 Å². The minimum Gasteiger partial charge on any atom is -0.618 e. The van der Waals surface area contributed by atoms with Crippen molar-refractivity contribution >= 4 is 12.6 Å². The lowest BCUT2D eigenvalue weighted by atomic mass is 10.5. The molecule has 0 saturated carbocycles. The van der Waals surface area contributed by atoms with Crippen LogP contribution in [0.5, 0.6) is 0 Å². The van der Waals surface area contributed by atoms with Gasteiger partial charge in [0.05, 0.1) is 4.90 Å². The Hall–Kier alpha value is -0.700. The van der Waals surface area contributed by atoms with Gasteiger partial charge in [0, 0.05) is 6.07 Å². The zero-order valence-electron chi connectivity index (χ0n) is 4.03. The largest absolute Gasteiger partial charge is 0.618 e. The second-order valence-corrected chi connectivity index (χ2v) is 1.81.